The Labute approximate surface area is 68.2 Å². The third kappa shape index (κ3) is 7.12. The Hall–Kier alpha value is -0.770. The Morgan fingerprint density at radius 2 is 1.82 bits per heavy atom. The lowest BCUT2D eigenvalue weighted by molar-refractivity contribution is -0.872. The molecule has 0 aromatic rings. The van der Waals surface area contributed by atoms with Gasteiger partial charge < -0.3 is 9.80 Å². The molecule has 0 unspecified atom stereocenters. The second-order valence-corrected chi connectivity index (χ2v) is 3.48. The van der Waals surface area contributed by atoms with Crippen LogP contribution in [0.2, 0.25) is 0 Å². The summed E-state index contributed by atoms with van der Waals surface area (Å²) in [5.74, 6) is 0. The van der Waals surface area contributed by atoms with Crippen molar-refractivity contribution in [3.8, 4) is 0 Å². The number of amides is 2. The average Bonchev–Trinajstić information content (AvgIpc) is 1.83. The predicted molar refractivity (Wildman–Crippen MR) is 45.1 cm³/mol. The topological polar surface area (TPSA) is 41.1 Å². The van der Waals surface area contributed by atoms with Crippen LogP contribution in [0, 0.1) is 0 Å². The molecule has 0 saturated heterocycles. The van der Waals surface area contributed by atoms with Crippen LogP contribution in [-0.4, -0.2) is 44.9 Å². The summed E-state index contributed by atoms with van der Waals surface area (Å²) in [7, 11) is 6.06. The van der Waals surface area contributed by atoms with E-state index < -0.39 is 0 Å². The number of nitrogens with one attached hydrogen (secondary N) is 2. The molecule has 0 aliphatic heterocycles. The monoisotopic (exact) mass is 160 g/mol. The van der Waals surface area contributed by atoms with Gasteiger partial charge in [-0.25, -0.2) is 4.79 Å². The number of quaternary nitrogens is 1. The van der Waals surface area contributed by atoms with E-state index in [4.69, 9.17) is 0 Å². The highest BCUT2D eigenvalue weighted by Crippen LogP contribution is 1.83. The number of hydrogen-bond donors (Lipinski definition) is 2. The van der Waals surface area contributed by atoms with Crippen LogP contribution in [0.25, 0.3) is 0 Å². The minimum Gasteiger partial charge on any atom is -0.338 e. The zero-order chi connectivity index (χ0) is 8.91. The number of rotatable bonds is 3. The van der Waals surface area contributed by atoms with Crippen molar-refractivity contribution < 1.29 is 9.28 Å². The maximum absolute atomic E-state index is 10.9. The fourth-order valence-corrected chi connectivity index (χ4v) is 0.532. The van der Waals surface area contributed by atoms with E-state index >= 15 is 0 Å². The van der Waals surface area contributed by atoms with E-state index in [2.05, 4.69) is 10.6 Å². The first kappa shape index (κ1) is 10.2. The van der Waals surface area contributed by atoms with Crippen LogP contribution in [0.1, 0.15) is 6.92 Å². The summed E-state index contributed by atoms with van der Waals surface area (Å²) in [5.41, 5.74) is 0. The molecule has 0 atom stereocenters. The van der Waals surface area contributed by atoms with Gasteiger partial charge in [0.25, 0.3) is 0 Å². The van der Waals surface area contributed by atoms with Crippen LogP contribution >= 0.6 is 0 Å². The molecule has 0 aromatic carbocycles. The molecule has 0 aliphatic rings. The Bertz CT molecular complexity index is 128. The van der Waals surface area contributed by atoms with Gasteiger partial charge in [0.15, 0.2) is 6.67 Å². The first-order valence-corrected chi connectivity index (χ1v) is 3.78. The van der Waals surface area contributed by atoms with Gasteiger partial charge in [0.2, 0.25) is 0 Å². The molecule has 4 nitrogen and oxygen atoms in total. The van der Waals surface area contributed by atoms with E-state index in [1.165, 1.54) is 0 Å². The fourth-order valence-electron chi connectivity index (χ4n) is 0.532. The lowest BCUT2D eigenvalue weighted by atomic mass is 10.6. The Balaban J connectivity index is 3.46. The second kappa shape index (κ2) is 4.18. The summed E-state index contributed by atoms with van der Waals surface area (Å²) in [6.07, 6.45) is 0. The third-order valence-corrected chi connectivity index (χ3v) is 1.05. The summed E-state index contributed by atoms with van der Waals surface area (Å²) in [6, 6.07) is -0.0967. The SMILES string of the molecule is CCNC(=O)NC[N+](C)(C)C. The Morgan fingerprint density at radius 1 is 1.27 bits per heavy atom. The molecule has 0 spiro atoms. The van der Waals surface area contributed by atoms with E-state index in [0.29, 0.717) is 13.2 Å². The van der Waals surface area contributed by atoms with Gasteiger partial charge in [0.05, 0.1) is 21.1 Å². The molecule has 2 amide bonds. The molecule has 0 radical (unpaired) electrons. The van der Waals surface area contributed by atoms with Gasteiger partial charge >= 0.3 is 6.03 Å². The van der Waals surface area contributed by atoms with Gasteiger partial charge in [0, 0.05) is 6.54 Å². The Kier molecular flexibility index (Phi) is 3.89. The van der Waals surface area contributed by atoms with E-state index in [1.807, 2.05) is 28.1 Å². The Morgan fingerprint density at radius 3 is 2.18 bits per heavy atom. The summed E-state index contributed by atoms with van der Waals surface area (Å²) in [6.45, 7) is 3.21. The third-order valence-electron chi connectivity index (χ3n) is 1.05. The van der Waals surface area contributed by atoms with Gasteiger partial charge in [-0.3, -0.25) is 5.32 Å². The van der Waals surface area contributed by atoms with E-state index in [-0.39, 0.29) is 6.03 Å². The number of carbonyl (C=O) groups excluding carboxylic acids is 1. The van der Waals surface area contributed by atoms with Crippen LogP contribution in [0.15, 0.2) is 0 Å². The highest BCUT2D eigenvalue weighted by atomic mass is 16.2. The normalized spacial score (nSPS) is 10.9. The number of urea groups is 1. The lowest BCUT2D eigenvalue weighted by Gasteiger charge is -2.23. The maximum atomic E-state index is 10.9. The van der Waals surface area contributed by atoms with Crippen molar-refractivity contribution in [1.82, 2.24) is 10.6 Å². The lowest BCUT2D eigenvalue weighted by Crippen LogP contribution is -2.48. The molecule has 11 heavy (non-hydrogen) atoms. The number of carbonyl (C=O) groups is 1. The highest BCUT2D eigenvalue weighted by Gasteiger charge is 2.07. The summed E-state index contributed by atoms with van der Waals surface area (Å²) in [4.78, 5) is 10.9. The molecule has 4 heteroatoms. The van der Waals surface area contributed by atoms with E-state index in [1.54, 1.807) is 0 Å². The molecule has 0 heterocycles. The zero-order valence-electron chi connectivity index (χ0n) is 7.77. The van der Waals surface area contributed by atoms with Crippen LogP contribution in [0.4, 0.5) is 4.79 Å². The van der Waals surface area contributed by atoms with Gasteiger partial charge in [-0.05, 0) is 6.92 Å². The van der Waals surface area contributed by atoms with Crippen molar-refractivity contribution >= 4 is 6.03 Å². The molecule has 0 aromatic heterocycles. The summed E-state index contributed by atoms with van der Waals surface area (Å²) >= 11 is 0. The zero-order valence-corrected chi connectivity index (χ0v) is 7.77. The summed E-state index contributed by atoms with van der Waals surface area (Å²) in [5, 5.41) is 5.40. The predicted octanol–water partition coefficient (Wildman–Crippen LogP) is -0.0308. The highest BCUT2D eigenvalue weighted by molar-refractivity contribution is 5.73. The molecular formula is C7H18N3O+. The molecule has 0 rings (SSSR count). The van der Waals surface area contributed by atoms with Crippen LogP contribution < -0.4 is 10.6 Å². The van der Waals surface area contributed by atoms with Gasteiger partial charge in [-0.15, -0.1) is 0 Å². The first-order valence-electron chi connectivity index (χ1n) is 3.78. The number of hydrogen-bond acceptors (Lipinski definition) is 1. The standard InChI is InChI=1S/C7H17N3O/c1-5-8-7(11)9-6-10(2,3)4/h5-6H2,1-4H3,(H-,8,9,11)/p+1. The molecule has 0 fully saturated rings. The van der Waals surface area contributed by atoms with Gasteiger partial charge in [0.1, 0.15) is 0 Å². The van der Waals surface area contributed by atoms with Crippen LogP contribution in [0.5, 0.6) is 0 Å². The van der Waals surface area contributed by atoms with Gasteiger partial charge in [-0.1, -0.05) is 0 Å². The van der Waals surface area contributed by atoms with Crippen LogP contribution in [-0.2, 0) is 0 Å². The van der Waals surface area contributed by atoms with Crippen LogP contribution in [0.3, 0.4) is 0 Å². The molecule has 66 valence electrons. The quantitative estimate of drug-likeness (QED) is 0.442. The molecule has 0 aliphatic carbocycles. The van der Waals surface area contributed by atoms with E-state index in [9.17, 15) is 4.79 Å². The maximum Gasteiger partial charge on any atom is 0.319 e. The van der Waals surface area contributed by atoms with Crippen molar-refractivity contribution in [2.75, 3.05) is 34.4 Å². The average molecular weight is 160 g/mol. The van der Waals surface area contributed by atoms with Gasteiger partial charge in [-0.2, -0.15) is 0 Å². The van der Waals surface area contributed by atoms with Crippen molar-refractivity contribution in [2.24, 2.45) is 0 Å². The fraction of sp³-hybridized carbons (Fsp3) is 0.857. The second-order valence-electron chi connectivity index (χ2n) is 3.48. The van der Waals surface area contributed by atoms with E-state index in [0.717, 1.165) is 4.48 Å². The smallest absolute Gasteiger partial charge is 0.319 e. The molecular weight excluding hydrogens is 142 g/mol. The minimum atomic E-state index is -0.0967. The minimum absolute atomic E-state index is 0.0967. The first-order chi connectivity index (χ1) is 4.95. The van der Waals surface area contributed by atoms with Crippen molar-refractivity contribution in [3.05, 3.63) is 0 Å². The van der Waals surface area contributed by atoms with Crippen molar-refractivity contribution in [1.29, 1.82) is 0 Å². The largest absolute Gasteiger partial charge is 0.338 e. The summed E-state index contributed by atoms with van der Waals surface area (Å²) < 4.78 is 0.733. The number of nitrogens with zero attached hydrogens (tertiary/aromatic N) is 1. The molecule has 2 N–H and O–H groups in total. The molecule has 0 saturated carbocycles. The van der Waals surface area contributed by atoms with Crippen molar-refractivity contribution in [2.45, 2.75) is 6.92 Å². The molecule has 0 bridgehead atoms. The van der Waals surface area contributed by atoms with Crippen molar-refractivity contribution in [3.63, 3.8) is 0 Å².